The van der Waals surface area contributed by atoms with Crippen LogP contribution in [0.5, 0.6) is 5.88 Å². The number of aryl methyl sites for hydroxylation is 1. The van der Waals surface area contributed by atoms with Gasteiger partial charge in [0.05, 0.1) is 30.2 Å². The van der Waals surface area contributed by atoms with Crippen LogP contribution in [0.4, 0.5) is 0 Å². The van der Waals surface area contributed by atoms with Crippen LogP contribution in [0.15, 0.2) is 48.5 Å². The lowest BCUT2D eigenvalue weighted by Gasteiger charge is -2.23. The molecule has 0 spiro atoms. The number of nitrogens with one attached hydrogen (secondary N) is 1. The van der Waals surface area contributed by atoms with Crippen molar-refractivity contribution in [3.8, 4) is 18.0 Å². The average molecular weight is 413 g/mol. The Morgan fingerprint density at radius 1 is 1.10 bits per heavy atom. The molecule has 1 heterocycles. The van der Waals surface area contributed by atoms with E-state index in [1.807, 2.05) is 31.2 Å². The van der Waals surface area contributed by atoms with Crippen molar-refractivity contribution in [1.82, 2.24) is 10.3 Å². The number of rotatable bonds is 9. The van der Waals surface area contributed by atoms with Crippen LogP contribution in [0.2, 0.25) is 0 Å². The van der Waals surface area contributed by atoms with E-state index in [0.717, 1.165) is 39.6 Å². The molecule has 5 heteroatoms. The van der Waals surface area contributed by atoms with Crippen molar-refractivity contribution in [3.05, 3.63) is 70.8 Å². The second-order valence-corrected chi connectivity index (χ2v) is 7.94. The highest BCUT2D eigenvalue weighted by molar-refractivity contribution is 5.81. The largest absolute Gasteiger partial charge is 0.481 e. The molecule has 31 heavy (non-hydrogen) atoms. The Balaban J connectivity index is 1.87. The van der Waals surface area contributed by atoms with Crippen molar-refractivity contribution in [2.75, 3.05) is 13.7 Å². The van der Waals surface area contributed by atoms with Gasteiger partial charge in [0, 0.05) is 30.5 Å². The maximum atomic E-state index is 10.1. The second kappa shape index (κ2) is 10.1. The van der Waals surface area contributed by atoms with Crippen LogP contribution < -0.4 is 10.1 Å². The van der Waals surface area contributed by atoms with Gasteiger partial charge in [-0.3, -0.25) is 0 Å². The number of fused-ring (bicyclic) bond motifs is 1. The SMILES string of the molecule is CCc1cc2ccc(C(C)(C#N)Cc3cccc(CNCCC#N)c3)cc2nc1OC. The number of pyridine rings is 1. The third-order valence-corrected chi connectivity index (χ3v) is 5.61. The van der Waals surface area contributed by atoms with Crippen molar-refractivity contribution in [2.24, 2.45) is 0 Å². The van der Waals surface area contributed by atoms with Crippen LogP contribution in [-0.2, 0) is 24.8 Å². The van der Waals surface area contributed by atoms with Crippen molar-refractivity contribution in [2.45, 2.75) is 45.1 Å². The Labute approximate surface area is 184 Å². The van der Waals surface area contributed by atoms with Gasteiger partial charge in [0.25, 0.3) is 0 Å². The first-order valence-electron chi connectivity index (χ1n) is 10.6. The molecule has 158 valence electrons. The fourth-order valence-corrected chi connectivity index (χ4v) is 3.81. The highest BCUT2D eigenvalue weighted by Gasteiger charge is 2.27. The molecule has 3 aromatic rings. The van der Waals surface area contributed by atoms with E-state index in [9.17, 15) is 5.26 Å². The summed E-state index contributed by atoms with van der Waals surface area (Å²) in [5.41, 5.74) is 4.43. The molecule has 5 nitrogen and oxygen atoms in total. The van der Waals surface area contributed by atoms with Gasteiger partial charge in [-0.05, 0) is 48.6 Å². The molecular formula is C26H28N4O. The number of benzene rings is 2. The summed E-state index contributed by atoms with van der Waals surface area (Å²) in [6.45, 7) is 5.44. The Bertz CT molecular complexity index is 1140. The quantitative estimate of drug-likeness (QED) is 0.509. The van der Waals surface area contributed by atoms with E-state index in [4.69, 9.17) is 10.00 Å². The van der Waals surface area contributed by atoms with Gasteiger partial charge in [-0.1, -0.05) is 43.3 Å². The Kier molecular flexibility index (Phi) is 7.23. The minimum atomic E-state index is -0.681. The lowest BCUT2D eigenvalue weighted by molar-refractivity contribution is 0.395. The number of nitriles is 2. The second-order valence-electron chi connectivity index (χ2n) is 7.94. The molecule has 0 radical (unpaired) electrons. The molecule has 0 aliphatic heterocycles. The van der Waals surface area contributed by atoms with E-state index in [2.05, 4.69) is 53.6 Å². The summed E-state index contributed by atoms with van der Waals surface area (Å²) in [6.07, 6.45) is 1.95. The van der Waals surface area contributed by atoms with Crippen LogP contribution in [-0.4, -0.2) is 18.6 Å². The summed E-state index contributed by atoms with van der Waals surface area (Å²) in [5.74, 6) is 0.641. The number of hydrogen-bond acceptors (Lipinski definition) is 5. The van der Waals surface area contributed by atoms with Crippen LogP contribution in [0, 0.1) is 22.7 Å². The predicted molar refractivity (Wildman–Crippen MR) is 123 cm³/mol. The highest BCUT2D eigenvalue weighted by Crippen LogP contribution is 2.31. The van der Waals surface area contributed by atoms with Crippen LogP contribution >= 0.6 is 0 Å². The molecule has 1 unspecified atom stereocenters. The number of hydrogen-bond donors (Lipinski definition) is 1. The third kappa shape index (κ3) is 5.20. The summed E-state index contributed by atoms with van der Waals surface area (Å²) in [4.78, 5) is 4.68. The Morgan fingerprint density at radius 3 is 2.61 bits per heavy atom. The van der Waals surface area contributed by atoms with Crippen molar-refractivity contribution in [1.29, 1.82) is 10.5 Å². The zero-order valence-electron chi connectivity index (χ0n) is 18.4. The zero-order valence-corrected chi connectivity index (χ0v) is 18.4. The fraction of sp³-hybridized carbons (Fsp3) is 0.346. The lowest BCUT2D eigenvalue weighted by atomic mass is 9.78. The molecule has 0 fully saturated rings. The molecule has 0 aliphatic rings. The minimum absolute atomic E-state index is 0.493. The monoisotopic (exact) mass is 412 g/mol. The summed E-state index contributed by atoms with van der Waals surface area (Å²) in [5, 5.41) is 23.1. The minimum Gasteiger partial charge on any atom is -0.481 e. The van der Waals surface area contributed by atoms with E-state index in [1.54, 1.807) is 7.11 Å². The molecule has 1 atom stereocenters. The van der Waals surface area contributed by atoms with Gasteiger partial charge in [0.2, 0.25) is 5.88 Å². The first kappa shape index (κ1) is 22.3. The first-order chi connectivity index (χ1) is 15.0. The number of nitrogens with zero attached hydrogens (tertiary/aromatic N) is 3. The van der Waals surface area contributed by atoms with Crippen molar-refractivity contribution < 1.29 is 4.74 Å². The topological polar surface area (TPSA) is 81.7 Å². The van der Waals surface area contributed by atoms with Crippen molar-refractivity contribution in [3.63, 3.8) is 0 Å². The van der Waals surface area contributed by atoms with Gasteiger partial charge in [-0.15, -0.1) is 0 Å². The van der Waals surface area contributed by atoms with Crippen molar-refractivity contribution >= 4 is 10.9 Å². The van der Waals surface area contributed by atoms with Gasteiger partial charge >= 0.3 is 0 Å². The molecule has 3 rings (SSSR count). The number of methoxy groups -OCH3 is 1. The van der Waals surface area contributed by atoms with E-state index in [0.29, 0.717) is 31.8 Å². The average Bonchev–Trinajstić information content (AvgIpc) is 2.80. The van der Waals surface area contributed by atoms with E-state index < -0.39 is 5.41 Å². The van der Waals surface area contributed by atoms with E-state index in [1.165, 1.54) is 0 Å². The number of ether oxygens (including phenoxy) is 1. The first-order valence-corrected chi connectivity index (χ1v) is 10.6. The van der Waals surface area contributed by atoms with Gasteiger partial charge in [0.1, 0.15) is 0 Å². The van der Waals surface area contributed by atoms with Gasteiger partial charge in [-0.25, -0.2) is 4.98 Å². The summed E-state index contributed by atoms with van der Waals surface area (Å²) in [7, 11) is 1.64. The lowest BCUT2D eigenvalue weighted by Crippen LogP contribution is -2.23. The fourth-order valence-electron chi connectivity index (χ4n) is 3.81. The maximum Gasteiger partial charge on any atom is 0.216 e. The van der Waals surface area contributed by atoms with E-state index >= 15 is 0 Å². The molecule has 1 N–H and O–H groups in total. The third-order valence-electron chi connectivity index (χ3n) is 5.61. The molecule has 0 amide bonds. The van der Waals surface area contributed by atoms with Gasteiger partial charge < -0.3 is 10.1 Å². The highest BCUT2D eigenvalue weighted by atomic mass is 16.5. The maximum absolute atomic E-state index is 10.1. The van der Waals surface area contributed by atoms with E-state index in [-0.39, 0.29) is 0 Å². The van der Waals surface area contributed by atoms with Crippen LogP contribution in [0.25, 0.3) is 10.9 Å². The summed E-state index contributed by atoms with van der Waals surface area (Å²) < 4.78 is 5.45. The summed E-state index contributed by atoms with van der Waals surface area (Å²) in [6, 6.07) is 21.1. The molecule has 0 aliphatic carbocycles. The van der Waals surface area contributed by atoms with Crippen LogP contribution in [0.1, 0.15) is 42.5 Å². The molecule has 0 bridgehead atoms. The Morgan fingerprint density at radius 2 is 1.90 bits per heavy atom. The standard InChI is InChI=1S/C26H28N4O/c1-4-21-14-22-9-10-23(15-24(22)30-25(21)31-3)26(2,18-28)16-19-7-5-8-20(13-19)17-29-12-6-11-27/h5,7-10,13-15,29H,4,6,12,16-17H2,1-3H3. The van der Waals surface area contributed by atoms with Gasteiger partial charge in [-0.2, -0.15) is 10.5 Å². The summed E-state index contributed by atoms with van der Waals surface area (Å²) >= 11 is 0. The van der Waals surface area contributed by atoms with Gasteiger partial charge in [0.15, 0.2) is 0 Å². The molecule has 2 aromatic carbocycles. The molecular weight excluding hydrogens is 384 g/mol. The smallest absolute Gasteiger partial charge is 0.216 e. The molecule has 0 saturated heterocycles. The van der Waals surface area contributed by atoms with Crippen LogP contribution in [0.3, 0.4) is 0 Å². The number of aromatic nitrogens is 1. The molecule has 1 aromatic heterocycles. The zero-order chi connectivity index (χ0) is 22.3. The normalized spacial score (nSPS) is 12.7. The molecule has 0 saturated carbocycles. The predicted octanol–water partition coefficient (Wildman–Crippen LogP) is 4.83. The Hall–Kier alpha value is -3.41.